The average Bonchev–Trinajstić information content (AvgIpc) is 2.98. The van der Waals surface area contributed by atoms with Crippen molar-refractivity contribution < 1.29 is 14.1 Å². The third kappa shape index (κ3) is 2.27. The molecule has 6 heteroatoms. The molecule has 1 fully saturated rings. The number of hydrogen-bond donors (Lipinski definition) is 0. The normalized spacial score (nSPS) is 20.9. The molecule has 2 aromatic rings. The first-order valence-electron chi connectivity index (χ1n) is 8.17. The molecule has 0 N–H and O–H groups in total. The number of allylic oxidation sites excluding steroid dienone is 1. The summed E-state index contributed by atoms with van der Waals surface area (Å²) in [6.45, 7) is 4.66. The van der Waals surface area contributed by atoms with Gasteiger partial charge in [-0.05, 0) is 18.6 Å². The number of Topliss-reactive ketones (excluding diaryl/α,β-unsaturated/α-hetero) is 1. The second-order valence-electron chi connectivity index (χ2n) is 7.61. The fourth-order valence-corrected chi connectivity index (χ4v) is 4.08. The van der Waals surface area contributed by atoms with Crippen molar-refractivity contribution in [1.82, 2.24) is 10.1 Å². The van der Waals surface area contributed by atoms with Crippen LogP contribution in [0.25, 0.3) is 10.9 Å². The van der Waals surface area contributed by atoms with Crippen LogP contribution < -0.4 is 0 Å². The predicted molar refractivity (Wildman–Crippen MR) is 89.4 cm³/mol. The summed E-state index contributed by atoms with van der Waals surface area (Å²) in [6.07, 6.45) is 2.38. The fourth-order valence-electron chi connectivity index (χ4n) is 4.08. The van der Waals surface area contributed by atoms with Gasteiger partial charge in [-0.15, -0.1) is 0 Å². The zero-order chi connectivity index (χ0) is 17.8. The number of aromatic nitrogens is 1. The molecule has 4 rings (SSSR count). The van der Waals surface area contributed by atoms with Gasteiger partial charge in [0.2, 0.25) is 5.76 Å². The zero-order valence-electron chi connectivity index (χ0n) is 14.1. The molecule has 25 heavy (non-hydrogen) atoms. The van der Waals surface area contributed by atoms with Gasteiger partial charge in [0.25, 0.3) is 5.91 Å². The van der Waals surface area contributed by atoms with E-state index in [1.807, 2.05) is 38.1 Å². The molecule has 1 aromatic carbocycles. The van der Waals surface area contributed by atoms with E-state index < -0.39 is 5.41 Å². The van der Waals surface area contributed by atoms with E-state index in [1.54, 1.807) is 17.0 Å². The molecule has 1 amide bonds. The first-order valence-corrected chi connectivity index (χ1v) is 8.17. The van der Waals surface area contributed by atoms with Gasteiger partial charge in [-0.25, -0.2) is 0 Å². The topological polar surface area (TPSA) is 87.2 Å². The molecule has 0 saturated carbocycles. The summed E-state index contributed by atoms with van der Waals surface area (Å²) in [6, 6.07) is 9.29. The zero-order valence-corrected chi connectivity index (χ0v) is 14.1. The van der Waals surface area contributed by atoms with Gasteiger partial charge in [0.1, 0.15) is 11.6 Å². The van der Waals surface area contributed by atoms with Crippen LogP contribution in [0.1, 0.15) is 30.8 Å². The molecule has 2 aliphatic rings. The Morgan fingerprint density at radius 3 is 2.76 bits per heavy atom. The minimum atomic E-state index is -0.589. The molecule has 1 aliphatic carbocycles. The fraction of sp³-hybridized carbons (Fsp3) is 0.368. The Morgan fingerprint density at radius 1 is 1.32 bits per heavy atom. The number of rotatable bonds is 1. The van der Waals surface area contributed by atoms with Crippen LogP contribution in [-0.2, 0) is 4.79 Å². The van der Waals surface area contributed by atoms with Gasteiger partial charge in [0, 0.05) is 23.9 Å². The Balaban J connectivity index is 1.59. The Hall–Kier alpha value is -2.94. The Bertz CT molecular complexity index is 971. The van der Waals surface area contributed by atoms with Crippen LogP contribution in [0.3, 0.4) is 0 Å². The molecule has 0 unspecified atom stereocenters. The summed E-state index contributed by atoms with van der Waals surface area (Å²) in [5.74, 6) is -0.0892. The van der Waals surface area contributed by atoms with E-state index in [4.69, 9.17) is 4.52 Å². The first kappa shape index (κ1) is 15.6. The number of fused-ring (bicyclic) bond motifs is 1. The molecule has 1 saturated heterocycles. The molecule has 2 heterocycles. The number of benzene rings is 1. The summed E-state index contributed by atoms with van der Waals surface area (Å²) >= 11 is 0. The molecule has 0 radical (unpaired) electrons. The lowest BCUT2D eigenvalue weighted by molar-refractivity contribution is -0.127. The molecule has 6 nitrogen and oxygen atoms in total. The van der Waals surface area contributed by atoms with Crippen molar-refractivity contribution in [2.45, 2.75) is 20.3 Å². The van der Waals surface area contributed by atoms with E-state index in [1.165, 1.54) is 0 Å². The largest absolute Gasteiger partial charge is 0.350 e. The maximum absolute atomic E-state index is 12.7. The SMILES string of the molecule is CC1(C)CC2(C=C(C#N)C1=O)CN(C(=O)c1onc3ccccc13)C2. The molecule has 0 atom stereocenters. The number of hydrogen-bond acceptors (Lipinski definition) is 5. The van der Waals surface area contributed by atoms with Crippen molar-refractivity contribution in [3.05, 3.63) is 41.7 Å². The van der Waals surface area contributed by atoms with Crippen LogP contribution in [-0.4, -0.2) is 34.8 Å². The van der Waals surface area contributed by atoms with E-state index in [9.17, 15) is 14.9 Å². The molecular formula is C19H17N3O3. The molecule has 126 valence electrons. The summed E-state index contributed by atoms with van der Waals surface area (Å²) < 4.78 is 5.25. The quantitative estimate of drug-likeness (QED) is 0.799. The maximum atomic E-state index is 12.7. The van der Waals surface area contributed by atoms with E-state index in [0.29, 0.717) is 30.4 Å². The predicted octanol–water partition coefficient (Wildman–Crippen LogP) is 2.72. The highest BCUT2D eigenvalue weighted by molar-refractivity contribution is 6.05. The van der Waals surface area contributed by atoms with Crippen molar-refractivity contribution in [3.8, 4) is 6.07 Å². The molecule has 1 aliphatic heterocycles. The van der Waals surface area contributed by atoms with E-state index in [2.05, 4.69) is 5.16 Å². The minimum absolute atomic E-state index is 0.119. The molecular weight excluding hydrogens is 318 g/mol. The Labute approximate surface area is 144 Å². The number of amides is 1. The number of ketones is 1. The average molecular weight is 335 g/mol. The second kappa shape index (κ2) is 5.03. The Morgan fingerprint density at radius 2 is 2.04 bits per heavy atom. The maximum Gasteiger partial charge on any atom is 0.293 e. The van der Waals surface area contributed by atoms with Gasteiger partial charge >= 0.3 is 0 Å². The molecule has 1 spiro atoms. The highest BCUT2D eigenvalue weighted by Crippen LogP contribution is 2.48. The van der Waals surface area contributed by atoms with Crippen molar-refractivity contribution in [2.24, 2.45) is 10.8 Å². The summed E-state index contributed by atoms with van der Waals surface area (Å²) in [5, 5.41) is 13.9. The van der Waals surface area contributed by atoms with Crippen molar-refractivity contribution in [3.63, 3.8) is 0 Å². The third-order valence-corrected chi connectivity index (χ3v) is 5.10. The van der Waals surface area contributed by atoms with Gasteiger partial charge < -0.3 is 9.42 Å². The summed E-state index contributed by atoms with van der Waals surface area (Å²) in [5.41, 5.74) is -0.0485. The smallest absolute Gasteiger partial charge is 0.293 e. The van der Waals surface area contributed by atoms with Gasteiger partial charge in [0.15, 0.2) is 5.78 Å². The molecule has 0 bridgehead atoms. The van der Waals surface area contributed by atoms with E-state index in [-0.39, 0.29) is 28.4 Å². The highest BCUT2D eigenvalue weighted by Gasteiger charge is 2.52. The van der Waals surface area contributed by atoms with E-state index >= 15 is 0 Å². The number of nitrogens with zero attached hydrogens (tertiary/aromatic N) is 3. The second-order valence-corrected chi connectivity index (χ2v) is 7.61. The standard InChI is InChI=1S/C19H17N3O3/c1-18(2)9-19(7-12(8-20)16(18)23)10-22(11-19)17(24)15-13-5-3-4-6-14(13)21-25-15/h3-7H,9-11H2,1-2H3. The van der Waals surface area contributed by atoms with Gasteiger partial charge in [-0.2, -0.15) is 5.26 Å². The highest BCUT2D eigenvalue weighted by atomic mass is 16.5. The number of likely N-dealkylation sites (tertiary alicyclic amines) is 1. The lowest BCUT2D eigenvalue weighted by Gasteiger charge is -2.52. The lowest BCUT2D eigenvalue weighted by Crippen LogP contribution is -2.60. The number of carbonyl (C=O) groups excluding carboxylic acids is 2. The van der Waals surface area contributed by atoms with Crippen LogP contribution in [0.15, 0.2) is 40.4 Å². The summed E-state index contributed by atoms with van der Waals surface area (Å²) in [7, 11) is 0. The van der Waals surface area contributed by atoms with Crippen LogP contribution in [0.5, 0.6) is 0 Å². The Kier molecular flexibility index (Phi) is 3.13. The molecule has 1 aromatic heterocycles. The van der Waals surface area contributed by atoms with Crippen molar-refractivity contribution in [2.75, 3.05) is 13.1 Å². The van der Waals surface area contributed by atoms with Crippen LogP contribution in [0, 0.1) is 22.2 Å². The van der Waals surface area contributed by atoms with Gasteiger partial charge in [-0.3, -0.25) is 9.59 Å². The van der Waals surface area contributed by atoms with Gasteiger partial charge in [-0.1, -0.05) is 37.2 Å². The third-order valence-electron chi connectivity index (χ3n) is 5.10. The van der Waals surface area contributed by atoms with Crippen LogP contribution >= 0.6 is 0 Å². The van der Waals surface area contributed by atoms with Crippen molar-refractivity contribution in [1.29, 1.82) is 5.26 Å². The van der Waals surface area contributed by atoms with Crippen LogP contribution in [0.2, 0.25) is 0 Å². The number of carbonyl (C=O) groups is 2. The van der Waals surface area contributed by atoms with Crippen molar-refractivity contribution >= 4 is 22.6 Å². The lowest BCUT2D eigenvalue weighted by atomic mass is 9.61. The van der Waals surface area contributed by atoms with Gasteiger partial charge in [0.05, 0.1) is 11.0 Å². The monoisotopic (exact) mass is 335 g/mol. The summed E-state index contributed by atoms with van der Waals surface area (Å²) in [4.78, 5) is 26.7. The number of nitriles is 1. The van der Waals surface area contributed by atoms with Crippen LogP contribution in [0.4, 0.5) is 0 Å². The minimum Gasteiger partial charge on any atom is -0.350 e. The van der Waals surface area contributed by atoms with E-state index in [0.717, 1.165) is 0 Å². The first-order chi connectivity index (χ1) is 11.9.